The number of amides is 1. The fourth-order valence-electron chi connectivity index (χ4n) is 1.71. The number of hydrogen-bond acceptors (Lipinski definition) is 2. The molecule has 0 bridgehead atoms. The normalized spacial score (nSPS) is 26.1. The Balaban J connectivity index is 2.25. The molecule has 1 aromatic rings. The molecule has 2 N–H and O–H groups in total. The van der Waals surface area contributed by atoms with Gasteiger partial charge in [-0.2, -0.15) is 0 Å². The van der Waals surface area contributed by atoms with Gasteiger partial charge in [-0.3, -0.25) is 10.1 Å². The van der Waals surface area contributed by atoms with Crippen LogP contribution in [0.1, 0.15) is 18.5 Å². The summed E-state index contributed by atoms with van der Waals surface area (Å²) in [6.07, 6.45) is 0. The Morgan fingerprint density at radius 3 is 3.00 bits per heavy atom. The van der Waals surface area contributed by atoms with E-state index >= 15 is 0 Å². The predicted octanol–water partition coefficient (Wildman–Crippen LogP) is 1.49. The van der Waals surface area contributed by atoms with Crippen molar-refractivity contribution < 1.29 is 4.79 Å². The maximum absolute atomic E-state index is 11.6. The van der Waals surface area contributed by atoms with E-state index in [-0.39, 0.29) is 18.0 Å². The van der Waals surface area contributed by atoms with E-state index in [0.29, 0.717) is 11.6 Å². The van der Waals surface area contributed by atoms with Crippen molar-refractivity contribution in [2.75, 3.05) is 6.54 Å². The van der Waals surface area contributed by atoms with E-state index < -0.39 is 0 Å². The van der Waals surface area contributed by atoms with E-state index in [1.165, 1.54) is 0 Å². The fraction of sp³-hybridized carbons (Fsp3) is 0.364. The molecule has 1 fully saturated rings. The lowest BCUT2D eigenvalue weighted by Crippen LogP contribution is -2.52. The first-order chi connectivity index (χ1) is 7.16. The second-order valence-electron chi connectivity index (χ2n) is 3.80. The Morgan fingerprint density at radius 1 is 1.47 bits per heavy atom. The highest BCUT2D eigenvalue weighted by atomic mass is 35.5. The van der Waals surface area contributed by atoms with Gasteiger partial charge in [-0.15, -0.1) is 0 Å². The monoisotopic (exact) mass is 224 g/mol. The van der Waals surface area contributed by atoms with E-state index in [4.69, 9.17) is 11.6 Å². The van der Waals surface area contributed by atoms with Crippen LogP contribution in [0.5, 0.6) is 0 Å². The third-order valence-electron chi connectivity index (χ3n) is 2.48. The van der Waals surface area contributed by atoms with Crippen LogP contribution in [0.3, 0.4) is 0 Å². The number of benzene rings is 1. The first-order valence-corrected chi connectivity index (χ1v) is 5.34. The fourth-order valence-corrected chi connectivity index (χ4v) is 1.91. The first-order valence-electron chi connectivity index (χ1n) is 4.96. The van der Waals surface area contributed by atoms with Crippen LogP contribution >= 0.6 is 11.6 Å². The Hall–Kier alpha value is -1.06. The summed E-state index contributed by atoms with van der Waals surface area (Å²) in [6, 6.07) is 7.37. The van der Waals surface area contributed by atoms with Gasteiger partial charge in [0, 0.05) is 17.6 Å². The molecule has 2 unspecified atom stereocenters. The Morgan fingerprint density at radius 2 is 2.27 bits per heavy atom. The molecule has 2 rings (SSSR count). The Labute approximate surface area is 93.8 Å². The summed E-state index contributed by atoms with van der Waals surface area (Å²) in [7, 11) is 0. The first kappa shape index (κ1) is 10.5. The summed E-state index contributed by atoms with van der Waals surface area (Å²) >= 11 is 5.89. The average Bonchev–Trinajstić information content (AvgIpc) is 2.22. The Bertz CT molecular complexity index is 381. The maximum atomic E-state index is 11.6. The summed E-state index contributed by atoms with van der Waals surface area (Å²) < 4.78 is 0. The quantitative estimate of drug-likeness (QED) is 0.759. The van der Waals surface area contributed by atoms with Crippen LogP contribution in [-0.2, 0) is 4.79 Å². The van der Waals surface area contributed by atoms with Crippen LogP contribution in [0.15, 0.2) is 24.3 Å². The van der Waals surface area contributed by atoms with Crippen LogP contribution in [-0.4, -0.2) is 18.5 Å². The molecule has 0 aromatic heterocycles. The summed E-state index contributed by atoms with van der Waals surface area (Å²) in [5, 5.41) is 6.75. The van der Waals surface area contributed by atoms with Crippen molar-refractivity contribution in [2.24, 2.45) is 0 Å². The largest absolute Gasteiger partial charge is 0.353 e. The van der Waals surface area contributed by atoms with Gasteiger partial charge in [0.2, 0.25) is 5.91 Å². The zero-order chi connectivity index (χ0) is 10.8. The molecule has 1 aromatic carbocycles. The third kappa shape index (κ3) is 2.30. The summed E-state index contributed by atoms with van der Waals surface area (Å²) in [4.78, 5) is 11.6. The van der Waals surface area contributed by atoms with Crippen molar-refractivity contribution in [2.45, 2.75) is 19.0 Å². The number of piperazine rings is 1. The van der Waals surface area contributed by atoms with Crippen LogP contribution in [0.25, 0.3) is 0 Å². The maximum Gasteiger partial charge on any atom is 0.241 e. The number of carbonyl (C=O) groups is 1. The molecular formula is C11H13ClN2O. The SMILES string of the molecule is CC1CNC(=O)C(c2cccc(Cl)c2)N1. The van der Waals surface area contributed by atoms with Crippen LogP contribution in [0, 0.1) is 0 Å². The van der Waals surface area contributed by atoms with Gasteiger partial charge in [-0.05, 0) is 24.6 Å². The molecule has 0 spiro atoms. The van der Waals surface area contributed by atoms with Crippen molar-refractivity contribution in [3.8, 4) is 0 Å². The van der Waals surface area contributed by atoms with Crippen LogP contribution < -0.4 is 10.6 Å². The topological polar surface area (TPSA) is 41.1 Å². The Kier molecular flexibility index (Phi) is 2.93. The molecule has 0 saturated carbocycles. The van der Waals surface area contributed by atoms with Crippen LogP contribution in [0.4, 0.5) is 0 Å². The number of nitrogens with one attached hydrogen (secondary N) is 2. The molecule has 3 nitrogen and oxygen atoms in total. The summed E-state index contributed by atoms with van der Waals surface area (Å²) in [6.45, 7) is 2.72. The highest BCUT2D eigenvalue weighted by Crippen LogP contribution is 2.19. The highest BCUT2D eigenvalue weighted by molar-refractivity contribution is 6.30. The smallest absolute Gasteiger partial charge is 0.241 e. The summed E-state index contributed by atoms with van der Waals surface area (Å²) in [5.41, 5.74) is 0.909. The third-order valence-corrected chi connectivity index (χ3v) is 2.71. The molecule has 1 amide bonds. The second-order valence-corrected chi connectivity index (χ2v) is 4.24. The van der Waals surface area contributed by atoms with Crippen LogP contribution in [0.2, 0.25) is 5.02 Å². The van der Waals surface area contributed by atoms with E-state index in [1.54, 1.807) is 6.07 Å². The van der Waals surface area contributed by atoms with Gasteiger partial charge in [0.25, 0.3) is 0 Å². The number of hydrogen-bond donors (Lipinski definition) is 2. The molecule has 0 aliphatic carbocycles. The second kappa shape index (κ2) is 4.21. The standard InChI is InChI=1S/C11H13ClN2O/c1-7-6-13-11(15)10(14-7)8-3-2-4-9(12)5-8/h2-5,7,10,14H,6H2,1H3,(H,13,15). The van der Waals surface area contributed by atoms with Gasteiger partial charge >= 0.3 is 0 Å². The summed E-state index contributed by atoms with van der Waals surface area (Å²) in [5.74, 6) is 0.00960. The lowest BCUT2D eigenvalue weighted by Gasteiger charge is -2.28. The minimum absolute atomic E-state index is 0.00960. The lowest BCUT2D eigenvalue weighted by molar-refractivity contribution is -0.125. The minimum atomic E-state index is -0.285. The van der Waals surface area contributed by atoms with Gasteiger partial charge in [0.05, 0.1) is 0 Å². The molecule has 2 atom stereocenters. The van der Waals surface area contributed by atoms with Gasteiger partial charge in [0.1, 0.15) is 6.04 Å². The van der Waals surface area contributed by atoms with Gasteiger partial charge in [-0.25, -0.2) is 0 Å². The molecule has 1 heterocycles. The molecule has 1 saturated heterocycles. The van der Waals surface area contributed by atoms with Crippen molar-refractivity contribution in [1.29, 1.82) is 0 Å². The zero-order valence-corrected chi connectivity index (χ0v) is 9.21. The van der Waals surface area contributed by atoms with Gasteiger partial charge in [-0.1, -0.05) is 23.7 Å². The van der Waals surface area contributed by atoms with Crippen molar-refractivity contribution >= 4 is 17.5 Å². The number of halogens is 1. The number of carbonyl (C=O) groups excluding carboxylic acids is 1. The van der Waals surface area contributed by atoms with E-state index in [2.05, 4.69) is 10.6 Å². The average molecular weight is 225 g/mol. The zero-order valence-electron chi connectivity index (χ0n) is 8.46. The van der Waals surface area contributed by atoms with Gasteiger partial charge in [0.15, 0.2) is 0 Å². The van der Waals surface area contributed by atoms with Gasteiger partial charge < -0.3 is 5.32 Å². The molecular weight excluding hydrogens is 212 g/mol. The molecule has 1 aliphatic rings. The minimum Gasteiger partial charge on any atom is -0.353 e. The molecule has 80 valence electrons. The molecule has 1 aliphatic heterocycles. The highest BCUT2D eigenvalue weighted by Gasteiger charge is 2.26. The predicted molar refractivity (Wildman–Crippen MR) is 59.8 cm³/mol. The molecule has 15 heavy (non-hydrogen) atoms. The molecule has 4 heteroatoms. The van der Waals surface area contributed by atoms with Crippen molar-refractivity contribution in [3.63, 3.8) is 0 Å². The van der Waals surface area contributed by atoms with E-state index in [1.807, 2.05) is 25.1 Å². The van der Waals surface area contributed by atoms with E-state index in [0.717, 1.165) is 5.56 Å². The van der Waals surface area contributed by atoms with Crippen molar-refractivity contribution in [1.82, 2.24) is 10.6 Å². The number of rotatable bonds is 1. The van der Waals surface area contributed by atoms with Crippen molar-refractivity contribution in [3.05, 3.63) is 34.9 Å². The van der Waals surface area contributed by atoms with E-state index in [9.17, 15) is 4.79 Å². The molecule has 0 radical (unpaired) electrons. The lowest BCUT2D eigenvalue weighted by atomic mass is 10.0.